The first-order valence-corrected chi connectivity index (χ1v) is 9.36. The summed E-state index contributed by atoms with van der Waals surface area (Å²) >= 11 is 0. The van der Waals surface area contributed by atoms with Gasteiger partial charge >= 0.3 is 5.97 Å². The molecule has 1 unspecified atom stereocenters. The highest BCUT2D eigenvalue weighted by Gasteiger charge is 2.55. The van der Waals surface area contributed by atoms with Crippen LogP contribution in [0.3, 0.4) is 0 Å². The molecular formula is C23H20O6. The van der Waals surface area contributed by atoms with Crippen LogP contribution in [0.1, 0.15) is 44.0 Å². The van der Waals surface area contributed by atoms with Gasteiger partial charge in [-0.05, 0) is 32.4 Å². The van der Waals surface area contributed by atoms with Crippen LogP contribution in [0.5, 0.6) is 0 Å². The summed E-state index contributed by atoms with van der Waals surface area (Å²) in [6, 6.07) is 8.38. The Hall–Kier alpha value is -3.28. The fraction of sp³-hybridized carbons (Fsp3) is 0.304. The van der Waals surface area contributed by atoms with Crippen molar-refractivity contribution in [1.29, 1.82) is 0 Å². The smallest absolute Gasteiger partial charge is 0.343 e. The maximum absolute atomic E-state index is 13.1. The van der Waals surface area contributed by atoms with Gasteiger partial charge in [0.1, 0.15) is 11.2 Å². The van der Waals surface area contributed by atoms with Crippen LogP contribution in [0.2, 0.25) is 0 Å². The molecule has 0 amide bonds. The highest BCUT2D eigenvalue weighted by atomic mass is 16.6. The normalized spacial score (nSPS) is 24.7. The van der Waals surface area contributed by atoms with E-state index in [-0.39, 0.29) is 11.1 Å². The quantitative estimate of drug-likeness (QED) is 0.339. The minimum atomic E-state index is -1.59. The maximum atomic E-state index is 13.1. The van der Waals surface area contributed by atoms with Gasteiger partial charge in [-0.1, -0.05) is 30.3 Å². The van der Waals surface area contributed by atoms with Gasteiger partial charge in [-0.3, -0.25) is 14.4 Å². The Morgan fingerprint density at radius 1 is 1.03 bits per heavy atom. The van der Waals surface area contributed by atoms with Crippen molar-refractivity contribution in [2.45, 2.75) is 44.8 Å². The summed E-state index contributed by atoms with van der Waals surface area (Å²) in [5.74, 6) is -2.34. The molecule has 3 aliphatic rings. The van der Waals surface area contributed by atoms with Crippen molar-refractivity contribution in [2.75, 3.05) is 0 Å². The average Bonchev–Trinajstić information content (AvgIpc) is 2.92. The molecule has 2 heterocycles. The molecule has 2 aliphatic heterocycles. The lowest BCUT2D eigenvalue weighted by Gasteiger charge is -2.37. The number of Topliss-reactive ketones (excluding diaryl/α,β-unsaturated/α-hetero) is 3. The van der Waals surface area contributed by atoms with E-state index in [1.165, 1.54) is 13.2 Å². The Labute approximate surface area is 167 Å². The molecule has 0 fully saturated rings. The minimum Gasteiger partial charge on any atom is -0.494 e. The first-order chi connectivity index (χ1) is 13.6. The first-order valence-electron chi connectivity index (χ1n) is 9.36. The van der Waals surface area contributed by atoms with E-state index in [0.717, 1.165) is 0 Å². The molecule has 0 saturated heterocycles. The maximum Gasteiger partial charge on any atom is 0.343 e. The van der Waals surface area contributed by atoms with Gasteiger partial charge in [0.25, 0.3) is 0 Å². The molecule has 6 nitrogen and oxygen atoms in total. The Bertz CT molecular complexity index is 1050. The van der Waals surface area contributed by atoms with E-state index in [4.69, 9.17) is 9.47 Å². The summed E-state index contributed by atoms with van der Waals surface area (Å²) in [5.41, 5.74) is -0.674. The summed E-state index contributed by atoms with van der Waals surface area (Å²) < 4.78 is 11.0. The largest absolute Gasteiger partial charge is 0.494 e. The van der Waals surface area contributed by atoms with E-state index in [9.17, 15) is 19.2 Å². The molecule has 1 atom stereocenters. The molecule has 0 N–H and O–H groups in total. The molecule has 0 spiro atoms. The summed E-state index contributed by atoms with van der Waals surface area (Å²) in [4.78, 5) is 50.9. The van der Waals surface area contributed by atoms with Gasteiger partial charge in [-0.15, -0.1) is 0 Å². The average molecular weight is 392 g/mol. The SMILES string of the molecule is CC1(C)CC2=CC3=C(C(=O)CC(=O)c4ccccc4)C(=O)OC3(C)C(=O)C2=CO1. The lowest BCUT2D eigenvalue weighted by Crippen LogP contribution is -2.43. The van der Waals surface area contributed by atoms with Crippen LogP contribution < -0.4 is 0 Å². The van der Waals surface area contributed by atoms with E-state index in [1.54, 1.807) is 36.4 Å². The second-order valence-electron chi connectivity index (χ2n) is 8.19. The Morgan fingerprint density at radius 3 is 2.41 bits per heavy atom. The zero-order chi connectivity index (χ0) is 21.0. The highest BCUT2D eigenvalue weighted by Crippen LogP contribution is 2.46. The number of hydrogen-bond acceptors (Lipinski definition) is 6. The number of benzene rings is 1. The Morgan fingerprint density at radius 2 is 1.72 bits per heavy atom. The molecule has 1 aromatic rings. The molecule has 29 heavy (non-hydrogen) atoms. The van der Waals surface area contributed by atoms with E-state index in [1.807, 2.05) is 13.8 Å². The van der Waals surface area contributed by atoms with Crippen LogP contribution in [-0.2, 0) is 23.9 Å². The van der Waals surface area contributed by atoms with Crippen molar-refractivity contribution in [3.05, 3.63) is 70.5 Å². The van der Waals surface area contributed by atoms with Gasteiger partial charge < -0.3 is 9.47 Å². The molecule has 1 aliphatic carbocycles. The van der Waals surface area contributed by atoms with Crippen molar-refractivity contribution in [3.63, 3.8) is 0 Å². The van der Waals surface area contributed by atoms with Crippen molar-refractivity contribution in [1.82, 2.24) is 0 Å². The molecule has 0 saturated carbocycles. The van der Waals surface area contributed by atoms with Gasteiger partial charge in [-0.25, -0.2) is 4.79 Å². The van der Waals surface area contributed by atoms with Crippen molar-refractivity contribution in [3.8, 4) is 0 Å². The van der Waals surface area contributed by atoms with Crippen LogP contribution in [0.25, 0.3) is 0 Å². The number of carbonyl (C=O) groups is 4. The van der Waals surface area contributed by atoms with Crippen LogP contribution in [0, 0.1) is 0 Å². The van der Waals surface area contributed by atoms with Crippen molar-refractivity contribution >= 4 is 23.3 Å². The highest BCUT2D eigenvalue weighted by molar-refractivity contribution is 6.28. The number of esters is 1. The fourth-order valence-electron chi connectivity index (χ4n) is 3.89. The third-order valence-electron chi connectivity index (χ3n) is 5.43. The minimum absolute atomic E-state index is 0.221. The fourth-order valence-corrected chi connectivity index (χ4v) is 3.89. The number of hydrogen-bond donors (Lipinski definition) is 0. The van der Waals surface area contributed by atoms with Crippen molar-refractivity contribution < 1.29 is 28.7 Å². The van der Waals surface area contributed by atoms with Gasteiger partial charge in [0.05, 0.1) is 18.3 Å². The summed E-state index contributed by atoms with van der Waals surface area (Å²) in [7, 11) is 0. The number of ketones is 3. The zero-order valence-corrected chi connectivity index (χ0v) is 16.4. The van der Waals surface area contributed by atoms with E-state index in [2.05, 4.69) is 0 Å². The third kappa shape index (κ3) is 3.05. The van der Waals surface area contributed by atoms with Gasteiger partial charge in [0.15, 0.2) is 17.2 Å². The molecule has 0 bridgehead atoms. The number of carbonyl (C=O) groups excluding carboxylic acids is 4. The second-order valence-corrected chi connectivity index (χ2v) is 8.19. The Kier molecular flexibility index (Phi) is 4.19. The predicted molar refractivity (Wildman–Crippen MR) is 103 cm³/mol. The van der Waals surface area contributed by atoms with Crippen LogP contribution in [0.15, 0.2) is 65.0 Å². The molecule has 148 valence electrons. The number of rotatable bonds is 4. The van der Waals surface area contributed by atoms with Gasteiger partial charge in [0.2, 0.25) is 5.78 Å². The van der Waals surface area contributed by atoms with Crippen molar-refractivity contribution in [2.24, 2.45) is 0 Å². The topological polar surface area (TPSA) is 86.7 Å². The van der Waals surface area contributed by atoms with Gasteiger partial charge in [0, 0.05) is 17.6 Å². The monoisotopic (exact) mass is 392 g/mol. The van der Waals surface area contributed by atoms with Gasteiger partial charge in [-0.2, -0.15) is 0 Å². The second kappa shape index (κ2) is 6.37. The third-order valence-corrected chi connectivity index (χ3v) is 5.43. The van der Waals surface area contributed by atoms with E-state index < -0.39 is 40.9 Å². The number of ether oxygens (including phenoxy) is 2. The Balaban J connectivity index is 1.74. The van der Waals surface area contributed by atoms with E-state index >= 15 is 0 Å². The summed E-state index contributed by atoms with van der Waals surface area (Å²) in [5, 5.41) is 0. The molecular weight excluding hydrogens is 372 g/mol. The standard InChI is InChI=1S/C23H20O6/c1-22(2)11-14-9-16-19(18(25)10-17(24)13-7-5-4-6-8-13)21(27)29-23(16,3)20(26)15(14)12-28-22/h4-9,12H,10-11H2,1-3H3. The lowest BCUT2D eigenvalue weighted by molar-refractivity contribution is -0.153. The summed E-state index contributed by atoms with van der Waals surface area (Å²) in [6.45, 7) is 5.24. The molecule has 4 rings (SSSR count). The van der Waals surface area contributed by atoms with Crippen LogP contribution >= 0.6 is 0 Å². The van der Waals surface area contributed by atoms with Crippen LogP contribution in [-0.4, -0.2) is 34.5 Å². The zero-order valence-electron chi connectivity index (χ0n) is 16.4. The molecule has 1 aromatic carbocycles. The number of fused-ring (bicyclic) bond motifs is 2. The molecule has 6 heteroatoms. The first kappa shape index (κ1) is 19.1. The van der Waals surface area contributed by atoms with Crippen LogP contribution in [0.4, 0.5) is 0 Å². The van der Waals surface area contributed by atoms with E-state index in [0.29, 0.717) is 23.1 Å². The molecule has 0 aromatic heterocycles. The predicted octanol–water partition coefficient (Wildman–Crippen LogP) is 3.03. The molecule has 0 radical (unpaired) electrons. The lowest BCUT2D eigenvalue weighted by atomic mass is 9.74. The summed E-state index contributed by atoms with van der Waals surface area (Å²) in [6.07, 6.45) is 3.04.